The first-order valence-electron chi connectivity index (χ1n) is 6.23. The first-order valence-corrected chi connectivity index (χ1v) is 6.61. The molecule has 1 aromatic heterocycles. The lowest BCUT2D eigenvalue weighted by molar-refractivity contribution is 0.0952. The number of benzene rings is 1. The van der Waals surface area contributed by atoms with Crippen LogP contribution in [0.1, 0.15) is 27.3 Å². The average Bonchev–Trinajstić information content (AvgIpc) is 2.61. The Morgan fingerprint density at radius 1 is 1.45 bits per heavy atom. The number of carbonyl (C=O) groups excluding carboxylic acids is 1. The molecule has 0 saturated heterocycles. The molecule has 0 aliphatic rings. The summed E-state index contributed by atoms with van der Waals surface area (Å²) in [6.45, 7) is 4.28. The Labute approximate surface area is 122 Å². The van der Waals surface area contributed by atoms with Crippen molar-refractivity contribution in [2.45, 2.75) is 20.4 Å². The smallest absolute Gasteiger partial charge is 0.255 e. The predicted octanol–water partition coefficient (Wildman–Crippen LogP) is 2.20. The number of nitrogen functional groups attached to an aromatic ring is 1. The Bertz CT molecular complexity index is 643. The molecule has 0 fully saturated rings. The van der Waals surface area contributed by atoms with Crippen LogP contribution in [0.5, 0.6) is 0 Å². The van der Waals surface area contributed by atoms with Gasteiger partial charge in [-0.1, -0.05) is 17.7 Å². The molecule has 0 saturated carbocycles. The molecule has 1 amide bonds. The summed E-state index contributed by atoms with van der Waals surface area (Å²) in [5.74, 6) is -0.282. The molecule has 0 spiro atoms. The predicted molar refractivity (Wildman–Crippen MR) is 79.7 cm³/mol. The molecule has 0 radical (unpaired) electrons. The van der Waals surface area contributed by atoms with Crippen LogP contribution in [0.15, 0.2) is 18.2 Å². The summed E-state index contributed by atoms with van der Waals surface area (Å²) in [6.07, 6.45) is 0. The van der Waals surface area contributed by atoms with Crippen molar-refractivity contribution in [2.75, 3.05) is 5.73 Å². The van der Waals surface area contributed by atoms with Gasteiger partial charge in [-0.25, -0.2) is 0 Å². The van der Waals surface area contributed by atoms with Crippen molar-refractivity contribution in [1.82, 2.24) is 15.1 Å². The maximum absolute atomic E-state index is 12.2. The normalized spacial score (nSPS) is 10.6. The second-order valence-corrected chi connectivity index (χ2v) is 5.07. The second-order valence-electron chi connectivity index (χ2n) is 4.66. The van der Waals surface area contributed by atoms with Gasteiger partial charge >= 0.3 is 0 Å². The number of hydrogen-bond donors (Lipinski definition) is 2. The summed E-state index contributed by atoms with van der Waals surface area (Å²) in [7, 11) is 1.87. The van der Waals surface area contributed by atoms with Gasteiger partial charge in [0.2, 0.25) is 0 Å². The summed E-state index contributed by atoms with van der Waals surface area (Å²) in [5.41, 5.74) is 9.41. The lowest BCUT2D eigenvalue weighted by Gasteiger charge is -2.09. The van der Waals surface area contributed by atoms with Gasteiger partial charge in [-0.15, -0.1) is 0 Å². The van der Waals surface area contributed by atoms with E-state index in [1.54, 1.807) is 22.9 Å². The number of amides is 1. The van der Waals surface area contributed by atoms with E-state index in [1.165, 1.54) is 0 Å². The third-order valence-corrected chi connectivity index (χ3v) is 3.67. The van der Waals surface area contributed by atoms with Crippen molar-refractivity contribution in [2.24, 2.45) is 7.05 Å². The van der Waals surface area contributed by atoms with E-state index >= 15 is 0 Å². The molecular formula is C14H17ClN4O. The van der Waals surface area contributed by atoms with E-state index in [-0.39, 0.29) is 5.91 Å². The highest BCUT2D eigenvalue weighted by Crippen LogP contribution is 2.22. The van der Waals surface area contributed by atoms with E-state index in [0.717, 1.165) is 17.0 Å². The molecule has 0 unspecified atom stereocenters. The third kappa shape index (κ3) is 2.63. The van der Waals surface area contributed by atoms with Gasteiger partial charge < -0.3 is 11.1 Å². The molecule has 0 aliphatic carbocycles. The number of hydrogen-bond acceptors (Lipinski definition) is 3. The van der Waals surface area contributed by atoms with E-state index in [9.17, 15) is 4.79 Å². The maximum Gasteiger partial charge on any atom is 0.255 e. The average molecular weight is 293 g/mol. The van der Waals surface area contributed by atoms with E-state index in [0.29, 0.717) is 22.8 Å². The van der Waals surface area contributed by atoms with Gasteiger partial charge in [-0.3, -0.25) is 9.48 Å². The zero-order valence-corrected chi connectivity index (χ0v) is 12.5. The highest BCUT2D eigenvalue weighted by Gasteiger charge is 2.15. The van der Waals surface area contributed by atoms with Crippen LogP contribution in [0.4, 0.5) is 5.69 Å². The fourth-order valence-electron chi connectivity index (χ4n) is 2.11. The lowest BCUT2D eigenvalue weighted by atomic mass is 10.1. The summed E-state index contributed by atoms with van der Waals surface area (Å²) in [5, 5.41) is 7.50. The van der Waals surface area contributed by atoms with Crippen molar-refractivity contribution in [1.29, 1.82) is 0 Å². The van der Waals surface area contributed by atoms with Crippen LogP contribution in [-0.2, 0) is 13.6 Å². The number of nitrogens with two attached hydrogens (primary N) is 1. The molecule has 0 aliphatic heterocycles. The fourth-order valence-corrected chi connectivity index (χ4v) is 2.38. The molecule has 1 aromatic carbocycles. The van der Waals surface area contributed by atoms with Crippen molar-refractivity contribution < 1.29 is 4.79 Å². The zero-order valence-electron chi connectivity index (χ0n) is 11.7. The van der Waals surface area contributed by atoms with Gasteiger partial charge in [-0.2, -0.15) is 5.10 Å². The van der Waals surface area contributed by atoms with Crippen LogP contribution in [0.3, 0.4) is 0 Å². The Morgan fingerprint density at radius 3 is 2.70 bits per heavy atom. The molecule has 2 rings (SSSR count). The van der Waals surface area contributed by atoms with Gasteiger partial charge in [0.15, 0.2) is 0 Å². The first-order chi connectivity index (χ1) is 9.41. The summed E-state index contributed by atoms with van der Waals surface area (Å²) < 4.78 is 1.79. The SMILES string of the molecule is Cc1nn(C)c(C)c1CNC(=O)c1c(N)cccc1Cl. The van der Waals surface area contributed by atoms with Crippen molar-refractivity contribution in [3.63, 3.8) is 0 Å². The fraction of sp³-hybridized carbons (Fsp3) is 0.286. The third-order valence-electron chi connectivity index (χ3n) is 3.36. The molecule has 3 N–H and O–H groups in total. The van der Waals surface area contributed by atoms with Gasteiger partial charge in [-0.05, 0) is 26.0 Å². The van der Waals surface area contributed by atoms with E-state index in [2.05, 4.69) is 10.4 Å². The van der Waals surface area contributed by atoms with Crippen molar-refractivity contribution >= 4 is 23.2 Å². The van der Waals surface area contributed by atoms with Gasteiger partial charge in [0, 0.05) is 30.5 Å². The number of aryl methyl sites for hydroxylation is 2. The Kier molecular flexibility index (Phi) is 3.99. The van der Waals surface area contributed by atoms with Crippen LogP contribution in [0.25, 0.3) is 0 Å². The summed E-state index contributed by atoms with van der Waals surface area (Å²) in [6, 6.07) is 5.01. The van der Waals surface area contributed by atoms with E-state index in [4.69, 9.17) is 17.3 Å². The van der Waals surface area contributed by atoms with Crippen LogP contribution in [-0.4, -0.2) is 15.7 Å². The summed E-state index contributed by atoms with van der Waals surface area (Å²) >= 11 is 6.02. The summed E-state index contributed by atoms with van der Waals surface area (Å²) in [4.78, 5) is 12.2. The van der Waals surface area contributed by atoms with Crippen LogP contribution < -0.4 is 11.1 Å². The van der Waals surface area contributed by atoms with Gasteiger partial charge in [0.25, 0.3) is 5.91 Å². The van der Waals surface area contributed by atoms with E-state index in [1.807, 2.05) is 20.9 Å². The highest BCUT2D eigenvalue weighted by atomic mass is 35.5. The lowest BCUT2D eigenvalue weighted by Crippen LogP contribution is -2.24. The minimum Gasteiger partial charge on any atom is -0.398 e. The quantitative estimate of drug-likeness (QED) is 0.852. The number of anilines is 1. The number of carbonyl (C=O) groups is 1. The Morgan fingerprint density at radius 2 is 2.15 bits per heavy atom. The zero-order chi connectivity index (χ0) is 14.9. The molecule has 106 valence electrons. The van der Waals surface area contributed by atoms with Crippen LogP contribution >= 0.6 is 11.6 Å². The molecule has 0 atom stereocenters. The van der Waals surface area contributed by atoms with E-state index < -0.39 is 0 Å². The minimum atomic E-state index is -0.282. The first kappa shape index (κ1) is 14.4. The van der Waals surface area contributed by atoms with Gasteiger partial charge in [0.05, 0.1) is 16.3 Å². The monoisotopic (exact) mass is 292 g/mol. The molecule has 0 bridgehead atoms. The van der Waals surface area contributed by atoms with Crippen molar-refractivity contribution in [3.05, 3.63) is 45.7 Å². The molecule has 5 nitrogen and oxygen atoms in total. The van der Waals surface area contributed by atoms with Crippen LogP contribution in [0.2, 0.25) is 5.02 Å². The number of nitrogens with zero attached hydrogens (tertiary/aromatic N) is 2. The van der Waals surface area contributed by atoms with Crippen molar-refractivity contribution in [3.8, 4) is 0 Å². The second kappa shape index (κ2) is 5.54. The van der Waals surface area contributed by atoms with Gasteiger partial charge in [0.1, 0.15) is 0 Å². The largest absolute Gasteiger partial charge is 0.398 e. The number of halogens is 1. The number of rotatable bonds is 3. The van der Waals surface area contributed by atoms with Crippen LogP contribution in [0, 0.1) is 13.8 Å². The Balaban J connectivity index is 2.17. The molecule has 2 aromatic rings. The maximum atomic E-state index is 12.2. The molecule has 20 heavy (non-hydrogen) atoms. The minimum absolute atomic E-state index is 0.282. The standard InChI is InChI=1S/C14H17ClN4O/c1-8-10(9(2)19(3)18-8)7-17-14(20)13-11(15)5-4-6-12(13)16/h4-6H,7,16H2,1-3H3,(H,17,20). The molecule has 1 heterocycles. The Hall–Kier alpha value is -2.01. The number of aromatic nitrogens is 2. The molecular weight excluding hydrogens is 276 g/mol. The molecule has 6 heteroatoms. The highest BCUT2D eigenvalue weighted by molar-refractivity contribution is 6.34. The number of nitrogens with one attached hydrogen (secondary N) is 1. The topological polar surface area (TPSA) is 72.9 Å².